The Bertz CT molecular complexity index is 894. The van der Waals surface area contributed by atoms with Crippen LogP contribution in [0.1, 0.15) is 46.5 Å². The van der Waals surface area contributed by atoms with Gasteiger partial charge in [-0.1, -0.05) is 18.5 Å². The third-order valence-corrected chi connectivity index (χ3v) is 3.88. The van der Waals surface area contributed by atoms with Crippen LogP contribution in [-0.2, 0) is 20.0 Å². The fourth-order valence-corrected chi connectivity index (χ4v) is 2.82. The second-order valence-electron chi connectivity index (χ2n) is 5.94. The Morgan fingerprint density at radius 2 is 2.12 bits per heavy atom. The van der Waals surface area contributed by atoms with Crippen LogP contribution >= 0.6 is 0 Å². The summed E-state index contributed by atoms with van der Waals surface area (Å²) in [5.74, 6) is 0.478. The number of nitrogens with zero attached hydrogens (tertiary/aromatic N) is 4. The van der Waals surface area contributed by atoms with E-state index in [4.69, 9.17) is 4.52 Å². The summed E-state index contributed by atoms with van der Waals surface area (Å²) in [6.07, 6.45) is 1.88. The van der Waals surface area contributed by atoms with Crippen molar-refractivity contribution in [1.29, 1.82) is 0 Å². The molecule has 0 radical (unpaired) electrons. The molecule has 0 aliphatic carbocycles. The van der Waals surface area contributed by atoms with Crippen LogP contribution in [0.15, 0.2) is 16.7 Å². The second kappa shape index (κ2) is 6.43. The van der Waals surface area contributed by atoms with Gasteiger partial charge in [-0.2, -0.15) is 5.10 Å². The van der Waals surface area contributed by atoms with E-state index < -0.39 is 0 Å². The molecule has 0 atom stereocenters. The lowest BCUT2D eigenvalue weighted by atomic mass is 10.1. The van der Waals surface area contributed by atoms with Crippen LogP contribution in [0, 0.1) is 13.8 Å². The highest BCUT2D eigenvalue weighted by Gasteiger charge is 2.18. The summed E-state index contributed by atoms with van der Waals surface area (Å²) in [5, 5.41) is 12.0. The summed E-state index contributed by atoms with van der Waals surface area (Å²) in [5.41, 5.74) is 3.77. The highest BCUT2D eigenvalue weighted by atomic mass is 16.5. The van der Waals surface area contributed by atoms with E-state index in [0.29, 0.717) is 23.5 Å². The standard InChI is InChI=1S/C17H21N5O2/c1-5-6-12-8-13(24-21-12)9-18-17(23)14-7-10(2)19-16-15(14)11(3)20-22(16)4/h7-8H,5-6,9H2,1-4H3,(H,18,23). The third-order valence-electron chi connectivity index (χ3n) is 3.88. The maximum absolute atomic E-state index is 12.6. The summed E-state index contributed by atoms with van der Waals surface area (Å²) < 4.78 is 6.95. The second-order valence-corrected chi connectivity index (χ2v) is 5.94. The topological polar surface area (TPSA) is 85.8 Å². The Kier molecular flexibility index (Phi) is 4.33. The predicted molar refractivity (Wildman–Crippen MR) is 89.7 cm³/mol. The lowest BCUT2D eigenvalue weighted by molar-refractivity contribution is 0.0948. The number of pyridine rings is 1. The zero-order chi connectivity index (χ0) is 17.3. The average Bonchev–Trinajstić information content (AvgIpc) is 3.10. The maximum atomic E-state index is 12.6. The number of aromatic nitrogens is 4. The minimum atomic E-state index is -0.171. The molecule has 3 aromatic heterocycles. The number of aryl methyl sites for hydroxylation is 4. The molecular weight excluding hydrogens is 306 g/mol. The van der Waals surface area contributed by atoms with Gasteiger partial charge in [-0.3, -0.25) is 9.48 Å². The van der Waals surface area contributed by atoms with Crippen molar-refractivity contribution in [3.8, 4) is 0 Å². The molecule has 0 saturated heterocycles. The highest BCUT2D eigenvalue weighted by molar-refractivity contribution is 6.06. The fourth-order valence-electron chi connectivity index (χ4n) is 2.82. The number of carbonyl (C=O) groups excluding carboxylic acids is 1. The molecule has 3 aromatic rings. The molecule has 0 aliphatic rings. The molecule has 0 bridgehead atoms. The van der Waals surface area contributed by atoms with Gasteiger partial charge in [-0.15, -0.1) is 0 Å². The van der Waals surface area contributed by atoms with Crippen LogP contribution in [-0.4, -0.2) is 25.8 Å². The van der Waals surface area contributed by atoms with Gasteiger partial charge >= 0.3 is 0 Å². The first-order valence-electron chi connectivity index (χ1n) is 8.03. The maximum Gasteiger partial charge on any atom is 0.252 e. The zero-order valence-electron chi connectivity index (χ0n) is 14.4. The number of carbonyl (C=O) groups is 1. The normalized spacial score (nSPS) is 11.2. The molecule has 3 heterocycles. The molecule has 1 amide bonds. The van der Waals surface area contributed by atoms with E-state index in [0.717, 1.165) is 35.3 Å². The number of fused-ring (bicyclic) bond motifs is 1. The zero-order valence-corrected chi connectivity index (χ0v) is 14.4. The SMILES string of the molecule is CCCc1cc(CNC(=O)c2cc(C)nc3c2c(C)nn3C)on1. The van der Waals surface area contributed by atoms with Crippen LogP contribution in [0.25, 0.3) is 11.0 Å². The molecule has 0 unspecified atom stereocenters. The smallest absolute Gasteiger partial charge is 0.252 e. The van der Waals surface area contributed by atoms with Crippen molar-refractivity contribution in [2.75, 3.05) is 0 Å². The number of rotatable bonds is 5. The predicted octanol–water partition coefficient (Wildman–Crippen LogP) is 2.46. The van der Waals surface area contributed by atoms with Gasteiger partial charge in [0.1, 0.15) is 0 Å². The van der Waals surface area contributed by atoms with Crippen LogP contribution in [0.4, 0.5) is 0 Å². The fraction of sp³-hybridized carbons (Fsp3) is 0.412. The van der Waals surface area contributed by atoms with Gasteiger partial charge < -0.3 is 9.84 Å². The molecule has 7 nitrogen and oxygen atoms in total. The molecule has 0 aliphatic heterocycles. The molecule has 0 aromatic carbocycles. The monoisotopic (exact) mass is 327 g/mol. The summed E-state index contributed by atoms with van der Waals surface area (Å²) in [6.45, 7) is 6.14. The molecule has 1 N–H and O–H groups in total. The van der Waals surface area contributed by atoms with E-state index in [1.54, 1.807) is 10.7 Å². The molecule has 0 saturated carbocycles. The van der Waals surface area contributed by atoms with E-state index in [-0.39, 0.29) is 5.91 Å². The first-order chi connectivity index (χ1) is 11.5. The summed E-state index contributed by atoms with van der Waals surface area (Å²) >= 11 is 0. The van der Waals surface area contributed by atoms with Gasteiger partial charge in [0.15, 0.2) is 11.4 Å². The van der Waals surface area contributed by atoms with E-state index in [1.807, 2.05) is 27.0 Å². The van der Waals surface area contributed by atoms with E-state index in [2.05, 4.69) is 27.5 Å². The largest absolute Gasteiger partial charge is 0.359 e. The van der Waals surface area contributed by atoms with Crippen LogP contribution in [0.5, 0.6) is 0 Å². The molecule has 3 rings (SSSR count). The number of nitrogens with one attached hydrogen (secondary N) is 1. The molecule has 7 heteroatoms. The quantitative estimate of drug-likeness (QED) is 0.778. The van der Waals surface area contributed by atoms with E-state index in [1.165, 1.54) is 0 Å². The Morgan fingerprint density at radius 1 is 1.33 bits per heavy atom. The Hall–Kier alpha value is -2.70. The Morgan fingerprint density at radius 3 is 2.88 bits per heavy atom. The minimum absolute atomic E-state index is 0.171. The van der Waals surface area contributed by atoms with E-state index >= 15 is 0 Å². The summed E-state index contributed by atoms with van der Waals surface area (Å²) in [6, 6.07) is 3.67. The lowest BCUT2D eigenvalue weighted by Crippen LogP contribution is -2.23. The van der Waals surface area contributed by atoms with Crippen LogP contribution in [0.2, 0.25) is 0 Å². The van der Waals surface area contributed by atoms with Crippen molar-refractivity contribution < 1.29 is 9.32 Å². The van der Waals surface area contributed by atoms with Gasteiger partial charge in [-0.25, -0.2) is 4.98 Å². The summed E-state index contributed by atoms with van der Waals surface area (Å²) in [7, 11) is 1.83. The lowest BCUT2D eigenvalue weighted by Gasteiger charge is -2.06. The molecule has 0 fully saturated rings. The number of hydrogen-bond donors (Lipinski definition) is 1. The number of hydrogen-bond acceptors (Lipinski definition) is 5. The van der Waals surface area contributed by atoms with E-state index in [9.17, 15) is 4.79 Å². The highest BCUT2D eigenvalue weighted by Crippen LogP contribution is 2.21. The van der Waals surface area contributed by atoms with Crippen molar-refractivity contribution in [1.82, 2.24) is 25.2 Å². The van der Waals surface area contributed by atoms with Crippen molar-refractivity contribution in [2.24, 2.45) is 7.05 Å². The molecule has 126 valence electrons. The van der Waals surface area contributed by atoms with Crippen LogP contribution in [0.3, 0.4) is 0 Å². The Labute approximate surface area is 140 Å². The molecule has 0 spiro atoms. The van der Waals surface area contributed by atoms with Gasteiger partial charge in [0.25, 0.3) is 5.91 Å². The summed E-state index contributed by atoms with van der Waals surface area (Å²) in [4.78, 5) is 17.1. The first kappa shape index (κ1) is 16.2. The van der Waals surface area contributed by atoms with Crippen molar-refractivity contribution >= 4 is 16.9 Å². The molecule has 24 heavy (non-hydrogen) atoms. The average molecular weight is 327 g/mol. The van der Waals surface area contributed by atoms with Gasteiger partial charge in [0.2, 0.25) is 0 Å². The number of amides is 1. The Balaban J connectivity index is 1.83. The van der Waals surface area contributed by atoms with Crippen molar-refractivity contribution in [3.05, 3.63) is 40.5 Å². The third kappa shape index (κ3) is 3.02. The van der Waals surface area contributed by atoms with Gasteiger partial charge in [0.05, 0.1) is 28.9 Å². The van der Waals surface area contributed by atoms with Crippen LogP contribution < -0.4 is 5.32 Å². The minimum Gasteiger partial charge on any atom is -0.359 e. The molecular formula is C17H21N5O2. The first-order valence-corrected chi connectivity index (χ1v) is 8.03. The van der Waals surface area contributed by atoms with Gasteiger partial charge in [0, 0.05) is 18.8 Å². The van der Waals surface area contributed by atoms with Gasteiger partial charge in [-0.05, 0) is 26.3 Å². The van der Waals surface area contributed by atoms with Crippen molar-refractivity contribution in [2.45, 2.75) is 40.2 Å². The van der Waals surface area contributed by atoms with Crippen molar-refractivity contribution in [3.63, 3.8) is 0 Å².